The molecule has 6 heteroatoms. The third-order valence-electron chi connectivity index (χ3n) is 5.91. The van der Waals surface area contributed by atoms with Crippen LogP contribution in [0.15, 0.2) is 17.9 Å². The van der Waals surface area contributed by atoms with Crippen LogP contribution in [0.1, 0.15) is 68.7 Å². The lowest BCUT2D eigenvalue weighted by Gasteiger charge is -2.27. The maximum absolute atomic E-state index is 13.5. The molecular weight excluding hydrogens is 387 g/mol. The molecule has 1 aromatic carbocycles. The van der Waals surface area contributed by atoms with Crippen molar-refractivity contribution in [2.75, 3.05) is 13.2 Å². The van der Waals surface area contributed by atoms with Crippen molar-refractivity contribution in [3.05, 3.63) is 40.1 Å². The zero-order valence-corrected chi connectivity index (χ0v) is 19.1. The van der Waals surface area contributed by atoms with Crippen LogP contribution in [0.2, 0.25) is 0 Å². The molecule has 0 aliphatic heterocycles. The number of rotatable bonds is 8. The van der Waals surface area contributed by atoms with Gasteiger partial charge in [-0.25, -0.2) is 4.57 Å². The molecule has 160 valence electrons. The quantitative estimate of drug-likeness (QED) is 0.471. The summed E-state index contributed by atoms with van der Waals surface area (Å²) in [6, 6.07) is 4.23. The van der Waals surface area contributed by atoms with Crippen molar-refractivity contribution in [1.29, 1.82) is 0 Å². The first-order chi connectivity index (χ1) is 13.8. The summed E-state index contributed by atoms with van der Waals surface area (Å²) in [5, 5.41) is 0. The van der Waals surface area contributed by atoms with Crippen molar-refractivity contribution < 1.29 is 22.9 Å². The van der Waals surface area contributed by atoms with Crippen molar-refractivity contribution in [3.8, 4) is 0 Å². The molecule has 0 unspecified atom stereocenters. The highest BCUT2D eigenvalue weighted by atomic mass is 31.2. The molecule has 2 atom stereocenters. The van der Waals surface area contributed by atoms with Crippen LogP contribution >= 0.6 is 7.82 Å². The SMILES string of the molecule is CCOP(=O)(OCC)OC1=C(c2c(C)cc(C)cc2CC)C(=O)[C@@H]2CCCC[C@H]12. The predicted molar refractivity (Wildman–Crippen MR) is 115 cm³/mol. The van der Waals surface area contributed by atoms with Gasteiger partial charge in [0.1, 0.15) is 5.76 Å². The van der Waals surface area contributed by atoms with Gasteiger partial charge in [0.25, 0.3) is 0 Å². The molecule has 0 amide bonds. The van der Waals surface area contributed by atoms with Crippen molar-refractivity contribution in [3.63, 3.8) is 0 Å². The Morgan fingerprint density at radius 1 is 1.00 bits per heavy atom. The summed E-state index contributed by atoms with van der Waals surface area (Å²) in [5.74, 6) is 0.485. The average Bonchev–Trinajstić information content (AvgIpc) is 2.93. The van der Waals surface area contributed by atoms with E-state index in [4.69, 9.17) is 13.6 Å². The van der Waals surface area contributed by atoms with Gasteiger partial charge in [0.15, 0.2) is 5.78 Å². The smallest absolute Gasteiger partial charge is 0.407 e. The number of carbonyl (C=O) groups is 1. The van der Waals surface area contributed by atoms with Crippen LogP contribution in [0, 0.1) is 25.7 Å². The van der Waals surface area contributed by atoms with E-state index in [2.05, 4.69) is 26.0 Å². The number of hydrogen-bond acceptors (Lipinski definition) is 5. The number of Topliss-reactive ketones (excluding diaryl/α,β-unsaturated/α-hetero) is 1. The Balaban J connectivity index is 2.19. The highest BCUT2D eigenvalue weighted by Gasteiger charge is 2.48. The summed E-state index contributed by atoms with van der Waals surface area (Å²) < 4.78 is 30.1. The summed E-state index contributed by atoms with van der Waals surface area (Å²) in [6.07, 6.45) is 4.59. The summed E-state index contributed by atoms with van der Waals surface area (Å²) in [4.78, 5) is 13.5. The number of allylic oxidation sites excluding steroid dienone is 2. The number of carbonyl (C=O) groups excluding carboxylic acids is 1. The molecule has 1 fully saturated rings. The molecular formula is C23H33O5P. The van der Waals surface area contributed by atoms with Crippen LogP contribution in [-0.2, 0) is 29.4 Å². The van der Waals surface area contributed by atoms with E-state index in [0.717, 1.165) is 48.8 Å². The fraction of sp³-hybridized carbons (Fsp3) is 0.609. The zero-order chi connectivity index (χ0) is 21.2. The van der Waals surface area contributed by atoms with Crippen LogP contribution in [0.5, 0.6) is 0 Å². The highest BCUT2D eigenvalue weighted by molar-refractivity contribution is 7.48. The summed E-state index contributed by atoms with van der Waals surface area (Å²) in [6.45, 7) is 10.1. The van der Waals surface area contributed by atoms with Gasteiger partial charge in [0.05, 0.1) is 18.8 Å². The number of benzene rings is 1. The van der Waals surface area contributed by atoms with E-state index in [-0.39, 0.29) is 30.8 Å². The van der Waals surface area contributed by atoms with Crippen molar-refractivity contribution in [2.24, 2.45) is 11.8 Å². The summed E-state index contributed by atoms with van der Waals surface area (Å²) in [5.41, 5.74) is 4.87. The number of phosphoric acid groups is 1. The van der Waals surface area contributed by atoms with E-state index in [0.29, 0.717) is 11.3 Å². The van der Waals surface area contributed by atoms with Gasteiger partial charge in [-0.2, -0.15) is 0 Å². The van der Waals surface area contributed by atoms with Crippen molar-refractivity contribution in [2.45, 2.75) is 66.7 Å². The lowest BCUT2D eigenvalue weighted by atomic mass is 9.80. The van der Waals surface area contributed by atoms with E-state index < -0.39 is 7.82 Å². The van der Waals surface area contributed by atoms with Crippen LogP contribution in [0.25, 0.3) is 5.57 Å². The second-order valence-corrected chi connectivity index (χ2v) is 9.54. The van der Waals surface area contributed by atoms with Gasteiger partial charge in [0, 0.05) is 11.8 Å². The van der Waals surface area contributed by atoms with Crippen LogP contribution in [0.3, 0.4) is 0 Å². The Morgan fingerprint density at radius 2 is 1.62 bits per heavy atom. The Kier molecular flexibility index (Phi) is 7.03. The first kappa shape index (κ1) is 22.3. The fourth-order valence-electron chi connectivity index (χ4n) is 4.83. The summed E-state index contributed by atoms with van der Waals surface area (Å²) >= 11 is 0. The molecule has 0 N–H and O–H groups in total. The summed E-state index contributed by atoms with van der Waals surface area (Å²) in [7, 11) is -3.77. The van der Waals surface area contributed by atoms with Gasteiger partial charge >= 0.3 is 7.82 Å². The van der Waals surface area contributed by atoms with Crippen molar-refractivity contribution >= 4 is 19.2 Å². The first-order valence-electron chi connectivity index (χ1n) is 10.8. The number of aryl methyl sites for hydroxylation is 3. The normalized spacial score (nSPS) is 22.2. The lowest BCUT2D eigenvalue weighted by Crippen LogP contribution is -2.22. The zero-order valence-electron chi connectivity index (χ0n) is 18.2. The average molecular weight is 420 g/mol. The number of fused-ring (bicyclic) bond motifs is 1. The molecule has 0 bridgehead atoms. The molecule has 0 heterocycles. The molecule has 0 radical (unpaired) electrons. The molecule has 3 rings (SSSR count). The first-order valence-corrected chi connectivity index (χ1v) is 12.3. The highest BCUT2D eigenvalue weighted by Crippen LogP contribution is 2.58. The molecule has 0 saturated heterocycles. The Labute approximate surface area is 174 Å². The van der Waals surface area contributed by atoms with Gasteiger partial charge in [-0.3, -0.25) is 13.8 Å². The van der Waals surface area contributed by atoms with Gasteiger partial charge in [0.2, 0.25) is 0 Å². The minimum atomic E-state index is -3.77. The topological polar surface area (TPSA) is 61.8 Å². The van der Waals surface area contributed by atoms with Crippen LogP contribution < -0.4 is 0 Å². The third kappa shape index (κ3) is 4.38. The minimum absolute atomic E-state index is 0.0501. The van der Waals surface area contributed by atoms with Crippen LogP contribution in [-0.4, -0.2) is 19.0 Å². The number of ketones is 1. The van der Waals surface area contributed by atoms with E-state index in [1.54, 1.807) is 13.8 Å². The Morgan fingerprint density at radius 3 is 2.21 bits per heavy atom. The Bertz CT molecular complexity index is 847. The molecule has 1 saturated carbocycles. The van der Waals surface area contributed by atoms with Gasteiger partial charge in [-0.15, -0.1) is 0 Å². The van der Waals surface area contributed by atoms with E-state index in [1.807, 2.05) is 6.92 Å². The Hall–Kier alpha value is -1.42. The monoisotopic (exact) mass is 420 g/mol. The number of hydrogen-bond donors (Lipinski definition) is 0. The predicted octanol–water partition coefficient (Wildman–Crippen LogP) is 6.16. The number of phosphoric ester groups is 1. The largest absolute Gasteiger partial charge is 0.529 e. The molecule has 5 nitrogen and oxygen atoms in total. The molecule has 0 spiro atoms. The van der Waals surface area contributed by atoms with Crippen LogP contribution in [0.4, 0.5) is 0 Å². The standard InChI is InChI=1S/C23H33O5P/c1-6-17-14-15(4)13-16(5)20(17)21-22(24)18-11-9-10-12-19(18)23(21)28-29(25,26-7-2)27-8-3/h13-14,18-19H,6-12H2,1-5H3/t18-,19+/m1/s1. The molecule has 0 aromatic heterocycles. The molecule has 29 heavy (non-hydrogen) atoms. The van der Waals surface area contributed by atoms with E-state index >= 15 is 0 Å². The van der Waals surface area contributed by atoms with Gasteiger partial charge < -0.3 is 4.52 Å². The lowest BCUT2D eigenvalue weighted by molar-refractivity contribution is -0.118. The maximum atomic E-state index is 13.5. The molecule has 2 aliphatic carbocycles. The van der Waals surface area contributed by atoms with E-state index in [1.165, 1.54) is 5.56 Å². The van der Waals surface area contributed by atoms with Gasteiger partial charge in [-0.1, -0.05) is 37.5 Å². The molecule has 1 aromatic rings. The maximum Gasteiger partial charge on any atom is 0.529 e. The second-order valence-electron chi connectivity index (χ2n) is 7.94. The third-order valence-corrected chi connectivity index (χ3v) is 7.48. The van der Waals surface area contributed by atoms with Crippen molar-refractivity contribution in [1.82, 2.24) is 0 Å². The second kappa shape index (κ2) is 9.16. The fourth-order valence-corrected chi connectivity index (χ4v) is 6.11. The van der Waals surface area contributed by atoms with Gasteiger partial charge in [-0.05, 0) is 63.6 Å². The minimum Gasteiger partial charge on any atom is -0.407 e. The molecule has 2 aliphatic rings. The van der Waals surface area contributed by atoms with E-state index in [9.17, 15) is 9.36 Å².